The van der Waals surface area contributed by atoms with Crippen molar-refractivity contribution in [1.29, 1.82) is 0 Å². The van der Waals surface area contributed by atoms with E-state index in [2.05, 4.69) is 10.4 Å². The number of ether oxygens (including phenoxy) is 1. The van der Waals surface area contributed by atoms with Crippen molar-refractivity contribution in [2.75, 3.05) is 18.2 Å². The Morgan fingerprint density at radius 1 is 1.47 bits per heavy atom. The first-order valence-electron chi connectivity index (χ1n) is 5.76. The van der Waals surface area contributed by atoms with E-state index in [0.29, 0.717) is 22.7 Å². The second kappa shape index (κ2) is 5.01. The highest BCUT2D eigenvalue weighted by Gasteiger charge is 2.11. The van der Waals surface area contributed by atoms with E-state index in [1.54, 1.807) is 36.1 Å². The summed E-state index contributed by atoms with van der Waals surface area (Å²) in [7, 11) is 3.33. The fraction of sp³-hybridized carbons (Fsp3) is 0.231. The molecule has 100 valence electrons. The van der Waals surface area contributed by atoms with Crippen LogP contribution in [-0.4, -0.2) is 22.8 Å². The van der Waals surface area contributed by atoms with Crippen LogP contribution in [0.5, 0.6) is 5.75 Å². The number of aryl methyl sites for hydroxylation is 2. The van der Waals surface area contributed by atoms with Gasteiger partial charge in [-0.05, 0) is 25.1 Å². The summed E-state index contributed by atoms with van der Waals surface area (Å²) in [6.45, 7) is 1.83. The molecule has 0 spiro atoms. The molecule has 1 heterocycles. The minimum atomic E-state index is -0.231. The van der Waals surface area contributed by atoms with Crippen LogP contribution >= 0.6 is 0 Å². The van der Waals surface area contributed by atoms with Gasteiger partial charge in [-0.1, -0.05) is 0 Å². The Bertz CT molecular complexity index is 619. The van der Waals surface area contributed by atoms with Crippen molar-refractivity contribution in [2.24, 2.45) is 7.05 Å². The van der Waals surface area contributed by atoms with Gasteiger partial charge in [0, 0.05) is 18.8 Å². The molecule has 0 bridgehead atoms. The molecule has 2 aromatic rings. The largest absolute Gasteiger partial charge is 0.495 e. The first-order valence-corrected chi connectivity index (χ1v) is 5.76. The normalized spacial score (nSPS) is 10.3. The molecule has 0 aliphatic rings. The zero-order valence-corrected chi connectivity index (χ0v) is 11.1. The van der Waals surface area contributed by atoms with Gasteiger partial charge < -0.3 is 15.8 Å². The second-order valence-electron chi connectivity index (χ2n) is 4.21. The van der Waals surface area contributed by atoms with Crippen LogP contribution < -0.4 is 15.8 Å². The smallest absolute Gasteiger partial charge is 0.255 e. The van der Waals surface area contributed by atoms with Crippen molar-refractivity contribution in [2.45, 2.75) is 6.92 Å². The molecular weight excluding hydrogens is 244 g/mol. The number of hydrogen-bond acceptors (Lipinski definition) is 4. The van der Waals surface area contributed by atoms with E-state index in [0.717, 1.165) is 5.69 Å². The Morgan fingerprint density at radius 2 is 2.21 bits per heavy atom. The number of hydrogen-bond donors (Lipinski definition) is 2. The SMILES string of the molecule is COc1ccc(C(=O)Nc2cn(C)nc2C)cc1N. The molecule has 0 aliphatic heterocycles. The van der Waals surface area contributed by atoms with Crippen molar-refractivity contribution in [1.82, 2.24) is 9.78 Å². The number of rotatable bonds is 3. The summed E-state index contributed by atoms with van der Waals surface area (Å²) in [6.07, 6.45) is 1.75. The van der Waals surface area contributed by atoms with Crippen LogP contribution in [0, 0.1) is 6.92 Å². The van der Waals surface area contributed by atoms with Crippen molar-refractivity contribution >= 4 is 17.3 Å². The van der Waals surface area contributed by atoms with Gasteiger partial charge in [-0.3, -0.25) is 9.48 Å². The Balaban J connectivity index is 2.20. The van der Waals surface area contributed by atoms with Crippen LogP contribution in [0.2, 0.25) is 0 Å². The maximum atomic E-state index is 12.1. The van der Waals surface area contributed by atoms with Crippen LogP contribution in [0.1, 0.15) is 16.1 Å². The number of nitrogens with two attached hydrogens (primary N) is 1. The molecule has 6 heteroatoms. The fourth-order valence-electron chi connectivity index (χ4n) is 1.79. The summed E-state index contributed by atoms with van der Waals surface area (Å²) in [6, 6.07) is 4.91. The van der Waals surface area contributed by atoms with Crippen LogP contribution in [0.25, 0.3) is 0 Å². The van der Waals surface area contributed by atoms with E-state index < -0.39 is 0 Å². The number of nitrogens with one attached hydrogen (secondary N) is 1. The fourth-order valence-corrected chi connectivity index (χ4v) is 1.79. The van der Waals surface area contributed by atoms with Gasteiger partial charge in [-0.2, -0.15) is 5.10 Å². The Morgan fingerprint density at radius 3 is 2.74 bits per heavy atom. The molecule has 0 fully saturated rings. The number of benzene rings is 1. The lowest BCUT2D eigenvalue weighted by molar-refractivity contribution is 0.102. The lowest BCUT2D eigenvalue weighted by atomic mass is 10.1. The highest BCUT2D eigenvalue weighted by Crippen LogP contribution is 2.22. The molecular formula is C13H16N4O2. The molecule has 2 rings (SSSR count). The zero-order chi connectivity index (χ0) is 14.0. The summed E-state index contributed by atoms with van der Waals surface area (Å²) in [4.78, 5) is 12.1. The van der Waals surface area contributed by atoms with Crippen LogP contribution in [0.3, 0.4) is 0 Å². The summed E-state index contributed by atoms with van der Waals surface area (Å²) < 4.78 is 6.70. The van der Waals surface area contributed by atoms with E-state index in [4.69, 9.17) is 10.5 Å². The Labute approximate surface area is 111 Å². The van der Waals surface area contributed by atoms with Crippen molar-refractivity contribution in [3.63, 3.8) is 0 Å². The molecule has 0 saturated carbocycles. The molecule has 6 nitrogen and oxygen atoms in total. The van der Waals surface area contributed by atoms with Gasteiger partial charge in [-0.25, -0.2) is 0 Å². The molecule has 0 radical (unpaired) electrons. The van der Waals surface area contributed by atoms with Crippen LogP contribution in [0.4, 0.5) is 11.4 Å². The van der Waals surface area contributed by atoms with Crippen molar-refractivity contribution < 1.29 is 9.53 Å². The number of aromatic nitrogens is 2. The standard InChI is InChI=1S/C13H16N4O2/c1-8-11(7-17(2)16-8)15-13(18)9-4-5-12(19-3)10(14)6-9/h4-7H,14H2,1-3H3,(H,15,18). The predicted octanol–water partition coefficient (Wildman–Crippen LogP) is 1.57. The summed E-state index contributed by atoms with van der Waals surface area (Å²) in [5, 5.41) is 6.95. The molecule has 0 atom stereocenters. The third-order valence-electron chi connectivity index (χ3n) is 2.75. The van der Waals surface area contributed by atoms with Crippen LogP contribution in [0.15, 0.2) is 24.4 Å². The average Bonchev–Trinajstić information content (AvgIpc) is 2.67. The highest BCUT2D eigenvalue weighted by atomic mass is 16.5. The summed E-state index contributed by atoms with van der Waals surface area (Å²) in [5.41, 5.74) is 8.12. The molecule has 0 aliphatic carbocycles. The van der Waals surface area contributed by atoms with Crippen molar-refractivity contribution in [3.8, 4) is 5.75 Å². The van der Waals surface area contributed by atoms with E-state index in [9.17, 15) is 4.79 Å². The lowest BCUT2D eigenvalue weighted by Crippen LogP contribution is -2.12. The van der Waals surface area contributed by atoms with E-state index >= 15 is 0 Å². The topological polar surface area (TPSA) is 82.2 Å². The number of nitrogens with zero attached hydrogens (tertiary/aromatic N) is 2. The molecule has 0 saturated heterocycles. The second-order valence-corrected chi connectivity index (χ2v) is 4.21. The average molecular weight is 260 g/mol. The lowest BCUT2D eigenvalue weighted by Gasteiger charge is -2.07. The highest BCUT2D eigenvalue weighted by molar-refractivity contribution is 6.05. The maximum absolute atomic E-state index is 12.1. The molecule has 1 aromatic heterocycles. The number of methoxy groups -OCH3 is 1. The van der Waals surface area contributed by atoms with E-state index in [1.165, 1.54) is 7.11 Å². The Kier molecular flexibility index (Phi) is 3.41. The van der Waals surface area contributed by atoms with E-state index in [-0.39, 0.29) is 5.91 Å². The van der Waals surface area contributed by atoms with Gasteiger partial charge in [0.05, 0.1) is 24.2 Å². The number of carbonyl (C=O) groups is 1. The summed E-state index contributed by atoms with van der Waals surface area (Å²) >= 11 is 0. The quantitative estimate of drug-likeness (QED) is 0.821. The van der Waals surface area contributed by atoms with Crippen LogP contribution in [-0.2, 0) is 7.05 Å². The number of nitrogen functional groups attached to an aromatic ring is 1. The van der Waals surface area contributed by atoms with Gasteiger partial charge in [0.2, 0.25) is 0 Å². The predicted molar refractivity (Wildman–Crippen MR) is 73.3 cm³/mol. The number of anilines is 2. The monoisotopic (exact) mass is 260 g/mol. The van der Waals surface area contributed by atoms with Gasteiger partial charge in [0.25, 0.3) is 5.91 Å². The van der Waals surface area contributed by atoms with E-state index in [1.807, 2.05) is 6.92 Å². The van der Waals surface area contributed by atoms with Crippen molar-refractivity contribution in [3.05, 3.63) is 35.7 Å². The van der Waals surface area contributed by atoms with Gasteiger partial charge in [-0.15, -0.1) is 0 Å². The van der Waals surface area contributed by atoms with Gasteiger partial charge in [0.15, 0.2) is 0 Å². The first kappa shape index (κ1) is 12.9. The first-order chi connectivity index (χ1) is 9.01. The minimum absolute atomic E-state index is 0.231. The molecule has 0 unspecified atom stereocenters. The Hall–Kier alpha value is -2.50. The third-order valence-corrected chi connectivity index (χ3v) is 2.75. The molecule has 1 aromatic carbocycles. The third kappa shape index (κ3) is 2.67. The molecule has 1 amide bonds. The van der Waals surface area contributed by atoms with Gasteiger partial charge >= 0.3 is 0 Å². The number of amides is 1. The summed E-state index contributed by atoms with van der Waals surface area (Å²) in [5.74, 6) is 0.319. The minimum Gasteiger partial charge on any atom is -0.495 e. The number of carbonyl (C=O) groups excluding carboxylic acids is 1. The molecule has 3 N–H and O–H groups in total. The molecule has 19 heavy (non-hydrogen) atoms. The zero-order valence-electron chi connectivity index (χ0n) is 11.1. The maximum Gasteiger partial charge on any atom is 0.255 e. The van der Waals surface area contributed by atoms with Gasteiger partial charge in [0.1, 0.15) is 5.75 Å².